The Labute approximate surface area is 173 Å². The van der Waals surface area contributed by atoms with Gasteiger partial charge in [0, 0.05) is 26.1 Å². The van der Waals surface area contributed by atoms with Gasteiger partial charge in [-0.15, -0.1) is 0 Å². The highest BCUT2D eigenvalue weighted by Gasteiger charge is 2.25. The van der Waals surface area contributed by atoms with E-state index < -0.39 is 0 Å². The maximum absolute atomic E-state index is 13.3. The molecule has 0 saturated carbocycles. The lowest BCUT2D eigenvalue weighted by atomic mass is 9.96. The van der Waals surface area contributed by atoms with Crippen molar-refractivity contribution in [3.8, 4) is 11.5 Å². The van der Waals surface area contributed by atoms with Gasteiger partial charge >= 0.3 is 0 Å². The van der Waals surface area contributed by atoms with Crippen LogP contribution in [0.3, 0.4) is 0 Å². The van der Waals surface area contributed by atoms with Crippen LogP contribution in [0.2, 0.25) is 0 Å². The number of carbonyl (C=O) groups is 1. The number of methoxy groups -OCH3 is 2. The molecule has 1 amide bonds. The van der Waals surface area contributed by atoms with E-state index in [1.165, 1.54) is 0 Å². The zero-order chi connectivity index (χ0) is 20.6. The topological polar surface area (TPSA) is 48.0 Å². The van der Waals surface area contributed by atoms with E-state index in [1.54, 1.807) is 14.2 Å². The highest BCUT2D eigenvalue weighted by Crippen LogP contribution is 2.29. The van der Waals surface area contributed by atoms with E-state index >= 15 is 0 Å². The van der Waals surface area contributed by atoms with Crippen LogP contribution in [0.5, 0.6) is 11.5 Å². The van der Waals surface area contributed by atoms with Crippen molar-refractivity contribution < 1.29 is 19.0 Å². The van der Waals surface area contributed by atoms with Crippen molar-refractivity contribution in [2.24, 2.45) is 0 Å². The van der Waals surface area contributed by atoms with Crippen LogP contribution in [-0.4, -0.2) is 44.3 Å². The first kappa shape index (κ1) is 21.2. The van der Waals surface area contributed by atoms with Gasteiger partial charge in [0.25, 0.3) is 0 Å². The largest absolute Gasteiger partial charge is 0.497 e. The van der Waals surface area contributed by atoms with E-state index in [2.05, 4.69) is 6.92 Å². The summed E-state index contributed by atoms with van der Waals surface area (Å²) in [4.78, 5) is 15.2. The normalized spacial score (nSPS) is 17.0. The fraction of sp³-hybridized carbons (Fsp3) is 0.458. The third-order valence-electron chi connectivity index (χ3n) is 5.46. The van der Waals surface area contributed by atoms with E-state index in [0.717, 1.165) is 42.1 Å². The number of rotatable bonds is 9. The fourth-order valence-corrected chi connectivity index (χ4v) is 3.85. The molecule has 2 atom stereocenters. The Hall–Kier alpha value is -2.53. The standard InChI is InChI=1S/C24H31NO4/c1-18(22-11-4-5-12-23(22)28-3)14-24(26)25(17-21-10-7-13-29-21)16-19-8-6-9-20(15-19)27-2/h4-6,8-9,11-12,15,18,21H,7,10,13-14,16-17H2,1-3H3. The molecule has 0 aliphatic carbocycles. The molecule has 0 radical (unpaired) electrons. The Morgan fingerprint density at radius 3 is 2.72 bits per heavy atom. The van der Waals surface area contributed by atoms with Crippen LogP contribution in [0, 0.1) is 0 Å². The fourth-order valence-electron chi connectivity index (χ4n) is 3.85. The SMILES string of the molecule is COc1cccc(CN(CC2CCCO2)C(=O)CC(C)c2ccccc2OC)c1. The summed E-state index contributed by atoms with van der Waals surface area (Å²) in [5, 5.41) is 0. The number of hydrogen-bond donors (Lipinski definition) is 0. The first-order valence-electron chi connectivity index (χ1n) is 10.3. The number of hydrogen-bond acceptors (Lipinski definition) is 4. The molecule has 1 saturated heterocycles. The summed E-state index contributed by atoms with van der Waals surface area (Å²) in [5.41, 5.74) is 2.11. The summed E-state index contributed by atoms with van der Waals surface area (Å²) in [6, 6.07) is 15.8. The molecule has 0 bridgehead atoms. The van der Waals surface area contributed by atoms with Gasteiger partial charge in [0.15, 0.2) is 0 Å². The van der Waals surface area contributed by atoms with Crippen molar-refractivity contribution in [2.45, 2.75) is 44.8 Å². The summed E-state index contributed by atoms with van der Waals surface area (Å²) in [5.74, 6) is 1.82. The van der Waals surface area contributed by atoms with Crippen LogP contribution in [0.4, 0.5) is 0 Å². The molecule has 2 aromatic carbocycles. The quantitative estimate of drug-likeness (QED) is 0.629. The maximum Gasteiger partial charge on any atom is 0.223 e. The second-order valence-corrected chi connectivity index (χ2v) is 7.61. The van der Waals surface area contributed by atoms with Gasteiger partial charge in [0.05, 0.1) is 20.3 Å². The van der Waals surface area contributed by atoms with Crippen LogP contribution < -0.4 is 9.47 Å². The highest BCUT2D eigenvalue weighted by atomic mass is 16.5. The molecule has 5 heteroatoms. The Kier molecular flexibility index (Phi) is 7.53. The lowest BCUT2D eigenvalue weighted by molar-refractivity contribution is -0.133. The van der Waals surface area contributed by atoms with Crippen LogP contribution in [0.1, 0.15) is 43.2 Å². The Bertz CT molecular complexity index is 801. The number of benzene rings is 2. The average Bonchev–Trinajstić information content (AvgIpc) is 3.26. The van der Waals surface area contributed by atoms with Crippen molar-refractivity contribution >= 4 is 5.91 Å². The van der Waals surface area contributed by atoms with E-state index in [-0.39, 0.29) is 17.9 Å². The zero-order valence-corrected chi connectivity index (χ0v) is 17.6. The first-order valence-corrected chi connectivity index (χ1v) is 10.3. The molecule has 2 unspecified atom stereocenters. The summed E-state index contributed by atoms with van der Waals surface area (Å²) in [6.45, 7) is 4.03. The summed E-state index contributed by atoms with van der Waals surface area (Å²) in [7, 11) is 3.32. The molecular weight excluding hydrogens is 366 g/mol. The van der Waals surface area contributed by atoms with Gasteiger partial charge in [-0.1, -0.05) is 37.3 Å². The Morgan fingerprint density at radius 1 is 1.17 bits per heavy atom. The monoisotopic (exact) mass is 397 g/mol. The van der Waals surface area contributed by atoms with Gasteiger partial charge in [0.1, 0.15) is 11.5 Å². The van der Waals surface area contributed by atoms with Crippen molar-refractivity contribution in [1.82, 2.24) is 4.90 Å². The van der Waals surface area contributed by atoms with Gasteiger partial charge in [0.2, 0.25) is 5.91 Å². The van der Waals surface area contributed by atoms with Crippen molar-refractivity contribution in [3.05, 3.63) is 59.7 Å². The molecule has 29 heavy (non-hydrogen) atoms. The molecule has 5 nitrogen and oxygen atoms in total. The molecule has 156 valence electrons. The number of carbonyl (C=O) groups excluding carboxylic acids is 1. The molecule has 3 rings (SSSR count). The van der Waals surface area contributed by atoms with E-state index in [9.17, 15) is 4.79 Å². The van der Waals surface area contributed by atoms with Gasteiger partial charge in [-0.05, 0) is 48.1 Å². The van der Waals surface area contributed by atoms with E-state index in [1.807, 2.05) is 53.4 Å². The molecule has 0 aromatic heterocycles. The lowest BCUT2D eigenvalue weighted by Gasteiger charge is -2.27. The van der Waals surface area contributed by atoms with Gasteiger partial charge in [-0.3, -0.25) is 4.79 Å². The minimum atomic E-state index is 0.0657. The molecular formula is C24H31NO4. The Balaban J connectivity index is 1.74. The number of ether oxygens (including phenoxy) is 3. The van der Waals surface area contributed by atoms with E-state index in [4.69, 9.17) is 14.2 Å². The second-order valence-electron chi connectivity index (χ2n) is 7.61. The number of para-hydroxylation sites is 1. The minimum absolute atomic E-state index is 0.0657. The van der Waals surface area contributed by atoms with Crippen LogP contribution in [0.15, 0.2) is 48.5 Å². The highest BCUT2D eigenvalue weighted by molar-refractivity contribution is 5.77. The summed E-state index contributed by atoms with van der Waals surface area (Å²) >= 11 is 0. The van der Waals surface area contributed by atoms with Gasteiger partial charge < -0.3 is 19.1 Å². The van der Waals surface area contributed by atoms with Crippen molar-refractivity contribution in [1.29, 1.82) is 0 Å². The molecule has 0 spiro atoms. The van der Waals surface area contributed by atoms with Crippen molar-refractivity contribution in [2.75, 3.05) is 27.4 Å². The summed E-state index contributed by atoms with van der Waals surface area (Å²) in [6.07, 6.45) is 2.61. The van der Waals surface area contributed by atoms with E-state index in [0.29, 0.717) is 19.5 Å². The van der Waals surface area contributed by atoms with Gasteiger partial charge in [-0.2, -0.15) is 0 Å². The molecule has 1 aliphatic rings. The summed E-state index contributed by atoms with van der Waals surface area (Å²) < 4.78 is 16.6. The molecule has 2 aromatic rings. The average molecular weight is 398 g/mol. The van der Waals surface area contributed by atoms with Gasteiger partial charge in [-0.25, -0.2) is 0 Å². The Morgan fingerprint density at radius 2 is 2.00 bits per heavy atom. The molecule has 1 fully saturated rings. The molecule has 1 heterocycles. The smallest absolute Gasteiger partial charge is 0.223 e. The van der Waals surface area contributed by atoms with Crippen LogP contribution in [0.25, 0.3) is 0 Å². The predicted molar refractivity (Wildman–Crippen MR) is 113 cm³/mol. The first-order chi connectivity index (χ1) is 14.1. The molecule has 0 N–H and O–H groups in total. The zero-order valence-electron chi connectivity index (χ0n) is 17.6. The second kappa shape index (κ2) is 10.3. The predicted octanol–water partition coefficient (Wildman–Crippen LogP) is 4.41. The van der Waals surface area contributed by atoms with Crippen LogP contribution >= 0.6 is 0 Å². The lowest BCUT2D eigenvalue weighted by Crippen LogP contribution is -2.37. The molecule has 1 aliphatic heterocycles. The van der Waals surface area contributed by atoms with Crippen LogP contribution in [-0.2, 0) is 16.1 Å². The number of amides is 1. The minimum Gasteiger partial charge on any atom is -0.497 e. The third-order valence-corrected chi connectivity index (χ3v) is 5.46. The van der Waals surface area contributed by atoms with Crippen molar-refractivity contribution in [3.63, 3.8) is 0 Å². The number of nitrogens with zero attached hydrogens (tertiary/aromatic N) is 1. The third kappa shape index (κ3) is 5.73. The maximum atomic E-state index is 13.3.